The first-order valence-electron chi connectivity index (χ1n) is 2.54. The van der Waals surface area contributed by atoms with Gasteiger partial charge in [-0.1, -0.05) is 6.92 Å². The summed E-state index contributed by atoms with van der Waals surface area (Å²) in [5.74, 6) is -0.829. The predicted molar refractivity (Wildman–Crippen MR) is 28.9 cm³/mol. The fourth-order valence-electron chi connectivity index (χ4n) is 0.0295. The van der Waals surface area contributed by atoms with Gasteiger partial charge in [-0.15, -0.1) is 0 Å². The molecule has 0 aromatic rings. The Labute approximate surface area is 52.4 Å². The van der Waals surface area contributed by atoms with Gasteiger partial charge in [0.1, 0.15) is 0 Å². The van der Waals surface area contributed by atoms with Gasteiger partial charge in [-0.3, -0.25) is 4.79 Å². The molecule has 4 nitrogen and oxygen atoms in total. The molecular formula is C5H8O4. The number of aliphatic carboxylic acids is 1. The van der Waals surface area contributed by atoms with Gasteiger partial charge in [-0.05, 0) is 0 Å². The van der Waals surface area contributed by atoms with Crippen LogP contribution in [-0.2, 0) is 14.3 Å². The van der Waals surface area contributed by atoms with Crippen molar-refractivity contribution < 1.29 is 19.4 Å². The largest absolute Gasteiger partial charge is 0.481 e. The van der Waals surface area contributed by atoms with Crippen LogP contribution in [0.5, 0.6) is 0 Å². The molecule has 1 aliphatic heterocycles. The molecule has 0 amide bonds. The van der Waals surface area contributed by atoms with Crippen LogP contribution in [0.2, 0.25) is 0 Å². The molecule has 0 aromatic heterocycles. The number of ether oxygens (including phenoxy) is 1. The minimum absolute atomic E-state index is 0.0833. The third-order valence-corrected chi connectivity index (χ3v) is 0.565. The maximum atomic E-state index is 9.37. The number of hydrogen-bond acceptors (Lipinski definition) is 3. The third-order valence-electron chi connectivity index (χ3n) is 0.565. The Balaban J connectivity index is 0.000000144. The van der Waals surface area contributed by atoms with E-state index in [9.17, 15) is 9.59 Å². The van der Waals surface area contributed by atoms with E-state index >= 15 is 0 Å². The van der Waals surface area contributed by atoms with Crippen molar-refractivity contribution >= 4 is 11.9 Å². The number of epoxide rings is 1. The van der Waals surface area contributed by atoms with E-state index in [1.165, 1.54) is 0 Å². The Morgan fingerprint density at radius 2 is 2.11 bits per heavy atom. The highest BCUT2D eigenvalue weighted by atomic mass is 16.6. The molecule has 0 bridgehead atoms. The summed E-state index contributed by atoms with van der Waals surface area (Å²) in [4.78, 5) is 18.7. The lowest BCUT2D eigenvalue weighted by molar-refractivity contribution is -0.136. The highest BCUT2D eigenvalue weighted by molar-refractivity contribution is 5.82. The van der Waals surface area contributed by atoms with E-state index in [0.717, 1.165) is 0 Å². The number of cyclic esters (lactones) is 1. The summed E-state index contributed by atoms with van der Waals surface area (Å²) in [6.07, 6.45) is 0.222. The van der Waals surface area contributed by atoms with E-state index in [1.54, 1.807) is 6.92 Å². The molecule has 1 saturated heterocycles. The molecular weight excluding hydrogens is 124 g/mol. The van der Waals surface area contributed by atoms with E-state index in [2.05, 4.69) is 4.74 Å². The van der Waals surface area contributed by atoms with Crippen molar-refractivity contribution in [2.75, 3.05) is 6.61 Å². The number of hydrogen-bond donors (Lipinski definition) is 1. The Bertz CT molecular complexity index is 112. The fourth-order valence-corrected chi connectivity index (χ4v) is 0.0295. The van der Waals surface area contributed by atoms with E-state index < -0.39 is 5.97 Å². The number of carbonyl (C=O) groups is 2. The average Bonchev–Trinajstić information content (AvgIpc) is 2.53. The van der Waals surface area contributed by atoms with E-state index in [4.69, 9.17) is 5.11 Å². The molecule has 0 unspecified atom stereocenters. The molecule has 9 heavy (non-hydrogen) atoms. The molecule has 4 heteroatoms. The second-order valence-corrected chi connectivity index (χ2v) is 1.41. The lowest BCUT2D eigenvalue weighted by Crippen LogP contribution is -1.86. The van der Waals surface area contributed by atoms with Crippen LogP contribution in [0.15, 0.2) is 0 Å². The van der Waals surface area contributed by atoms with Gasteiger partial charge in [0.05, 0.1) is 0 Å². The van der Waals surface area contributed by atoms with E-state index in [0.29, 0.717) is 6.61 Å². The van der Waals surface area contributed by atoms with Crippen molar-refractivity contribution in [1.29, 1.82) is 0 Å². The minimum Gasteiger partial charge on any atom is -0.481 e. The van der Waals surface area contributed by atoms with Gasteiger partial charge >= 0.3 is 11.9 Å². The Morgan fingerprint density at radius 3 is 2.11 bits per heavy atom. The zero-order valence-electron chi connectivity index (χ0n) is 5.09. The predicted octanol–water partition coefficient (Wildman–Crippen LogP) is 0.0242. The Hall–Kier alpha value is -1.06. The summed E-state index contributed by atoms with van der Waals surface area (Å²) in [5.41, 5.74) is 0. The van der Waals surface area contributed by atoms with Crippen LogP contribution in [0.4, 0.5) is 0 Å². The van der Waals surface area contributed by atoms with Crippen molar-refractivity contribution in [1.82, 2.24) is 0 Å². The van der Waals surface area contributed by atoms with Crippen molar-refractivity contribution in [3.05, 3.63) is 0 Å². The van der Waals surface area contributed by atoms with Crippen LogP contribution in [0.3, 0.4) is 0 Å². The maximum Gasteiger partial charge on any atom is 0.344 e. The van der Waals surface area contributed by atoms with Gasteiger partial charge in [0.25, 0.3) is 0 Å². The summed E-state index contributed by atoms with van der Waals surface area (Å²) >= 11 is 0. The summed E-state index contributed by atoms with van der Waals surface area (Å²) in [6.45, 7) is 1.95. The zero-order chi connectivity index (χ0) is 7.28. The highest BCUT2D eigenvalue weighted by Gasteiger charge is 2.15. The normalized spacial score (nSPS) is 12.8. The quantitative estimate of drug-likeness (QED) is 0.511. The topological polar surface area (TPSA) is 66.9 Å². The molecule has 0 aliphatic carbocycles. The van der Waals surface area contributed by atoms with E-state index in [-0.39, 0.29) is 12.4 Å². The molecule has 0 radical (unpaired) electrons. The molecule has 0 saturated carbocycles. The highest BCUT2D eigenvalue weighted by Crippen LogP contribution is 1.90. The first-order chi connectivity index (χ1) is 4.16. The summed E-state index contributed by atoms with van der Waals surface area (Å²) in [5, 5.41) is 7.72. The number of rotatable bonds is 1. The SMILES string of the molecule is CCC(=O)O.O=C1CO1. The second kappa shape index (κ2) is 3.88. The number of carbonyl (C=O) groups excluding carboxylic acids is 1. The fraction of sp³-hybridized carbons (Fsp3) is 0.600. The van der Waals surface area contributed by atoms with Crippen molar-refractivity contribution in [3.8, 4) is 0 Å². The van der Waals surface area contributed by atoms with Crippen molar-refractivity contribution in [2.24, 2.45) is 0 Å². The van der Waals surface area contributed by atoms with Crippen molar-refractivity contribution in [3.63, 3.8) is 0 Å². The van der Waals surface area contributed by atoms with Crippen LogP contribution >= 0.6 is 0 Å². The first-order valence-corrected chi connectivity index (χ1v) is 2.54. The monoisotopic (exact) mass is 132 g/mol. The van der Waals surface area contributed by atoms with Crippen LogP contribution in [0, 0.1) is 0 Å². The van der Waals surface area contributed by atoms with Gasteiger partial charge < -0.3 is 9.84 Å². The molecule has 1 fully saturated rings. The van der Waals surface area contributed by atoms with Crippen LogP contribution in [0.25, 0.3) is 0 Å². The van der Waals surface area contributed by atoms with Gasteiger partial charge in [0, 0.05) is 6.42 Å². The van der Waals surface area contributed by atoms with Gasteiger partial charge in [-0.2, -0.15) is 0 Å². The summed E-state index contributed by atoms with van der Waals surface area (Å²) in [6, 6.07) is 0. The van der Waals surface area contributed by atoms with Crippen molar-refractivity contribution in [2.45, 2.75) is 13.3 Å². The molecule has 1 aliphatic rings. The molecule has 0 spiro atoms. The van der Waals surface area contributed by atoms with Crippen LogP contribution < -0.4 is 0 Å². The summed E-state index contributed by atoms with van der Waals surface area (Å²) in [7, 11) is 0. The molecule has 0 aromatic carbocycles. The smallest absolute Gasteiger partial charge is 0.344 e. The second-order valence-electron chi connectivity index (χ2n) is 1.41. The molecule has 1 heterocycles. The molecule has 52 valence electrons. The van der Waals surface area contributed by atoms with Gasteiger partial charge in [-0.25, -0.2) is 4.79 Å². The Morgan fingerprint density at radius 1 is 1.89 bits per heavy atom. The Kier molecular flexibility index (Phi) is 3.43. The molecule has 1 N–H and O–H groups in total. The standard InChI is InChI=1S/C3H6O2.C2H2O2/c1-2-3(4)5;3-2-1-4-2/h2H2,1H3,(H,4,5);1H2. The number of carboxylic acid groups (broad SMARTS) is 1. The maximum absolute atomic E-state index is 9.37. The summed E-state index contributed by atoms with van der Waals surface area (Å²) < 4.78 is 4.07. The van der Waals surface area contributed by atoms with Crippen LogP contribution in [0.1, 0.15) is 13.3 Å². The first kappa shape index (κ1) is 7.94. The van der Waals surface area contributed by atoms with Gasteiger partial charge in [0.2, 0.25) is 0 Å². The lowest BCUT2D eigenvalue weighted by Gasteiger charge is -1.71. The average molecular weight is 132 g/mol. The minimum atomic E-state index is -0.745. The molecule has 0 atom stereocenters. The van der Waals surface area contributed by atoms with Gasteiger partial charge in [0.15, 0.2) is 6.61 Å². The lowest BCUT2D eigenvalue weighted by atomic mass is 10.5. The zero-order valence-corrected chi connectivity index (χ0v) is 5.09. The molecule has 1 rings (SSSR count). The van der Waals surface area contributed by atoms with E-state index in [1.807, 2.05) is 0 Å². The number of carboxylic acids is 1. The van der Waals surface area contributed by atoms with Crippen LogP contribution in [-0.4, -0.2) is 23.7 Å². The third kappa shape index (κ3) is 10.9.